The van der Waals surface area contributed by atoms with Crippen LogP contribution < -0.4 is 10.6 Å². The average molecular weight is 304 g/mol. The highest BCUT2D eigenvalue weighted by atomic mass is 32.1. The van der Waals surface area contributed by atoms with Crippen molar-refractivity contribution >= 4 is 33.8 Å². The van der Waals surface area contributed by atoms with E-state index in [4.69, 9.17) is 0 Å². The molecule has 0 aliphatic heterocycles. The predicted octanol–water partition coefficient (Wildman–Crippen LogP) is 3.01. The molecule has 0 aliphatic carbocycles. The lowest BCUT2D eigenvalue weighted by atomic mass is 10.1. The Labute approximate surface area is 126 Å². The smallest absolute Gasteiger partial charge is 0.265 e. The van der Waals surface area contributed by atoms with Crippen molar-refractivity contribution in [3.63, 3.8) is 0 Å². The van der Waals surface area contributed by atoms with E-state index in [0.29, 0.717) is 21.1 Å². The summed E-state index contributed by atoms with van der Waals surface area (Å²) in [5, 5.41) is 15.7. The number of aliphatic hydroxyl groups excluding tert-OH is 1. The van der Waals surface area contributed by atoms with E-state index < -0.39 is 6.10 Å². The zero-order valence-corrected chi connectivity index (χ0v) is 12.5. The molecule has 1 unspecified atom stereocenters. The van der Waals surface area contributed by atoms with Crippen molar-refractivity contribution in [2.24, 2.45) is 0 Å². The summed E-state index contributed by atoms with van der Waals surface area (Å²) < 4.78 is 0. The molecule has 1 heterocycles. The van der Waals surface area contributed by atoms with Crippen molar-refractivity contribution in [1.82, 2.24) is 0 Å². The summed E-state index contributed by atoms with van der Waals surface area (Å²) in [7, 11) is 0. The summed E-state index contributed by atoms with van der Waals surface area (Å²) in [6.07, 6.45) is -0.667. The molecule has 0 radical (unpaired) electrons. The van der Waals surface area contributed by atoms with Crippen LogP contribution in [0.1, 0.15) is 35.2 Å². The van der Waals surface area contributed by atoms with Gasteiger partial charge in [0.1, 0.15) is 0 Å². The quantitative estimate of drug-likeness (QED) is 0.812. The SMILES string of the molecule is CC(=O)Nc1ccc(C(=O)Nc2ccccc2C(C)O)s1. The van der Waals surface area contributed by atoms with Crippen LogP contribution in [0.4, 0.5) is 10.7 Å². The molecule has 0 saturated heterocycles. The van der Waals surface area contributed by atoms with Crippen LogP contribution in [0.25, 0.3) is 0 Å². The molecule has 21 heavy (non-hydrogen) atoms. The van der Waals surface area contributed by atoms with Crippen LogP contribution in [0.5, 0.6) is 0 Å². The van der Waals surface area contributed by atoms with Gasteiger partial charge in [-0.3, -0.25) is 9.59 Å². The molecule has 0 spiro atoms. The third-order valence-electron chi connectivity index (χ3n) is 2.79. The number of nitrogens with one attached hydrogen (secondary N) is 2. The number of amides is 2. The largest absolute Gasteiger partial charge is 0.389 e. The van der Waals surface area contributed by atoms with Crippen molar-refractivity contribution in [2.45, 2.75) is 20.0 Å². The Bertz CT molecular complexity index is 664. The number of aliphatic hydroxyl groups is 1. The van der Waals surface area contributed by atoms with Crippen molar-refractivity contribution in [2.75, 3.05) is 10.6 Å². The minimum atomic E-state index is -0.667. The van der Waals surface area contributed by atoms with Crippen LogP contribution in [0.3, 0.4) is 0 Å². The molecule has 0 aliphatic rings. The first kappa shape index (κ1) is 15.2. The van der Waals surface area contributed by atoms with E-state index in [-0.39, 0.29) is 11.8 Å². The highest BCUT2D eigenvalue weighted by Crippen LogP contribution is 2.26. The summed E-state index contributed by atoms with van der Waals surface area (Å²) in [4.78, 5) is 23.6. The fraction of sp³-hybridized carbons (Fsp3) is 0.200. The zero-order valence-electron chi connectivity index (χ0n) is 11.7. The molecule has 110 valence electrons. The number of hydrogen-bond acceptors (Lipinski definition) is 4. The monoisotopic (exact) mass is 304 g/mol. The molecule has 1 aromatic heterocycles. The normalized spacial score (nSPS) is 11.8. The molecule has 6 heteroatoms. The van der Waals surface area contributed by atoms with Crippen LogP contribution in [0, 0.1) is 0 Å². The van der Waals surface area contributed by atoms with Gasteiger partial charge in [-0.1, -0.05) is 18.2 Å². The van der Waals surface area contributed by atoms with Gasteiger partial charge in [0, 0.05) is 18.2 Å². The van der Waals surface area contributed by atoms with Crippen LogP contribution in [-0.2, 0) is 4.79 Å². The molecular formula is C15H16N2O3S. The standard InChI is InChI=1S/C15H16N2O3S/c1-9(18)11-5-3-4-6-12(11)17-15(20)13-7-8-14(21-13)16-10(2)19/h3-9,18H,1-2H3,(H,16,19)(H,17,20). The first-order chi connectivity index (χ1) is 9.97. The summed E-state index contributed by atoms with van der Waals surface area (Å²) in [5.74, 6) is -0.451. The molecule has 3 N–H and O–H groups in total. The van der Waals surface area contributed by atoms with Crippen molar-refractivity contribution in [3.8, 4) is 0 Å². The topological polar surface area (TPSA) is 78.4 Å². The lowest BCUT2D eigenvalue weighted by Gasteiger charge is -2.12. The second-order valence-electron chi connectivity index (χ2n) is 4.56. The van der Waals surface area contributed by atoms with Gasteiger partial charge in [-0.15, -0.1) is 11.3 Å². The lowest BCUT2D eigenvalue weighted by molar-refractivity contribution is -0.114. The Morgan fingerprint density at radius 2 is 1.86 bits per heavy atom. The molecule has 0 bridgehead atoms. The van der Waals surface area contributed by atoms with Gasteiger partial charge in [0.05, 0.1) is 16.0 Å². The van der Waals surface area contributed by atoms with E-state index in [1.54, 1.807) is 43.3 Å². The number of rotatable bonds is 4. The van der Waals surface area contributed by atoms with Gasteiger partial charge in [-0.05, 0) is 25.1 Å². The maximum atomic E-state index is 12.2. The molecule has 0 fully saturated rings. The maximum absolute atomic E-state index is 12.2. The molecule has 2 rings (SSSR count). The fourth-order valence-electron chi connectivity index (χ4n) is 1.86. The summed E-state index contributed by atoms with van der Waals surface area (Å²) in [6, 6.07) is 10.4. The Morgan fingerprint density at radius 1 is 1.14 bits per heavy atom. The van der Waals surface area contributed by atoms with Gasteiger partial charge in [0.2, 0.25) is 5.91 Å². The minimum absolute atomic E-state index is 0.178. The fourth-order valence-corrected chi connectivity index (χ4v) is 2.71. The number of para-hydroxylation sites is 1. The zero-order chi connectivity index (χ0) is 15.4. The van der Waals surface area contributed by atoms with Gasteiger partial charge in [0.15, 0.2) is 0 Å². The molecule has 0 saturated carbocycles. The van der Waals surface area contributed by atoms with Crippen LogP contribution in [0.2, 0.25) is 0 Å². The minimum Gasteiger partial charge on any atom is -0.389 e. The van der Waals surface area contributed by atoms with E-state index in [9.17, 15) is 14.7 Å². The highest BCUT2D eigenvalue weighted by Gasteiger charge is 2.13. The van der Waals surface area contributed by atoms with Gasteiger partial charge >= 0.3 is 0 Å². The second kappa shape index (κ2) is 6.51. The van der Waals surface area contributed by atoms with Crippen LogP contribution in [0.15, 0.2) is 36.4 Å². The van der Waals surface area contributed by atoms with Crippen molar-refractivity contribution < 1.29 is 14.7 Å². The van der Waals surface area contributed by atoms with Crippen LogP contribution in [-0.4, -0.2) is 16.9 Å². The van der Waals surface area contributed by atoms with Gasteiger partial charge in [0.25, 0.3) is 5.91 Å². The lowest BCUT2D eigenvalue weighted by Crippen LogP contribution is -2.12. The Balaban J connectivity index is 2.15. The Morgan fingerprint density at radius 3 is 2.52 bits per heavy atom. The van der Waals surface area contributed by atoms with Crippen molar-refractivity contribution in [3.05, 3.63) is 46.8 Å². The average Bonchev–Trinajstić information content (AvgIpc) is 2.86. The van der Waals surface area contributed by atoms with Gasteiger partial charge in [-0.2, -0.15) is 0 Å². The van der Waals surface area contributed by atoms with E-state index in [1.165, 1.54) is 18.3 Å². The van der Waals surface area contributed by atoms with Crippen LogP contribution >= 0.6 is 11.3 Å². The Kier molecular flexibility index (Phi) is 4.72. The first-order valence-corrected chi connectivity index (χ1v) is 7.25. The predicted molar refractivity (Wildman–Crippen MR) is 83.7 cm³/mol. The van der Waals surface area contributed by atoms with E-state index in [0.717, 1.165) is 0 Å². The number of carbonyl (C=O) groups excluding carboxylic acids is 2. The molecule has 2 aromatic rings. The number of benzene rings is 1. The number of carbonyl (C=O) groups is 2. The second-order valence-corrected chi connectivity index (χ2v) is 5.65. The molecule has 2 amide bonds. The van der Waals surface area contributed by atoms with E-state index in [1.807, 2.05) is 0 Å². The Hall–Kier alpha value is -2.18. The third kappa shape index (κ3) is 3.90. The molecule has 5 nitrogen and oxygen atoms in total. The highest BCUT2D eigenvalue weighted by molar-refractivity contribution is 7.18. The number of hydrogen-bond donors (Lipinski definition) is 3. The van der Waals surface area contributed by atoms with Gasteiger partial charge in [-0.25, -0.2) is 0 Å². The summed E-state index contributed by atoms with van der Waals surface area (Å²) >= 11 is 1.20. The van der Waals surface area contributed by atoms with E-state index in [2.05, 4.69) is 10.6 Å². The summed E-state index contributed by atoms with van der Waals surface area (Å²) in [5.41, 5.74) is 1.23. The first-order valence-electron chi connectivity index (χ1n) is 6.43. The maximum Gasteiger partial charge on any atom is 0.265 e. The molecule has 1 aromatic carbocycles. The van der Waals surface area contributed by atoms with E-state index >= 15 is 0 Å². The van der Waals surface area contributed by atoms with Crippen molar-refractivity contribution in [1.29, 1.82) is 0 Å². The molecular weight excluding hydrogens is 288 g/mol. The summed E-state index contributed by atoms with van der Waals surface area (Å²) in [6.45, 7) is 3.06. The molecule has 1 atom stereocenters. The van der Waals surface area contributed by atoms with Gasteiger partial charge < -0.3 is 15.7 Å². The third-order valence-corrected chi connectivity index (χ3v) is 3.79. The number of anilines is 2. The number of thiophene rings is 1.